The maximum atomic E-state index is 12.3. The van der Waals surface area contributed by atoms with Gasteiger partial charge in [-0.15, -0.1) is 0 Å². The fourth-order valence-electron chi connectivity index (χ4n) is 2.25. The zero-order chi connectivity index (χ0) is 12.3. The van der Waals surface area contributed by atoms with E-state index in [0.29, 0.717) is 0 Å². The summed E-state index contributed by atoms with van der Waals surface area (Å²) in [7, 11) is 0. The molecule has 1 aliphatic heterocycles. The molecule has 1 amide bonds. The highest BCUT2D eigenvalue weighted by atomic mass is 79.9. The van der Waals surface area contributed by atoms with Crippen LogP contribution in [0.1, 0.15) is 34.3 Å². The summed E-state index contributed by atoms with van der Waals surface area (Å²) < 4.78 is 0. The van der Waals surface area contributed by atoms with Gasteiger partial charge in [-0.2, -0.15) is 0 Å². The molecule has 0 saturated carbocycles. The van der Waals surface area contributed by atoms with Gasteiger partial charge in [-0.25, -0.2) is 0 Å². The minimum Gasteiger partial charge on any atom is -0.338 e. The third-order valence-corrected chi connectivity index (χ3v) is 3.81. The van der Waals surface area contributed by atoms with Crippen LogP contribution in [0.3, 0.4) is 0 Å². The molecular formula is C14H18BrNO. The lowest BCUT2D eigenvalue weighted by atomic mass is 9.97. The Hall–Kier alpha value is -0.830. The average Bonchev–Trinajstić information content (AvgIpc) is 2.33. The molecule has 1 aromatic carbocycles. The van der Waals surface area contributed by atoms with Gasteiger partial charge in [0.15, 0.2) is 0 Å². The Morgan fingerprint density at radius 2 is 2.18 bits per heavy atom. The third kappa shape index (κ3) is 2.89. The van der Waals surface area contributed by atoms with E-state index in [0.717, 1.165) is 43.2 Å². The number of rotatable bonds is 4. The van der Waals surface area contributed by atoms with Crippen molar-refractivity contribution < 1.29 is 4.79 Å². The molecule has 1 aromatic rings. The van der Waals surface area contributed by atoms with Gasteiger partial charge in [0.25, 0.3) is 5.91 Å². The van der Waals surface area contributed by atoms with Gasteiger partial charge < -0.3 is 4.90 Å². The molecule has 0 saturated heterocycles. The Bertz CT molecular complexity index is 417. The van der Waals surface area contributed by atoms with E-state index in [1.54, 1.807) is 0 Å². The Balaban J connectivity index is 2.09. The second-order valence-corrected chi connectivity index (χ2v) is 5.39. The van der Waals surface area contributed by atoms with Crippen molar-refractivity contribution in [1.82, 2.24) is 4.90 Å². The Labute approximate surface area is 111 Å². The fourth-order valence-corrected chi connectivity index (χ4v) is 2.64. The number of halogens is 1. The summed E-state index contributed by atoms with van der Waals surface area (Å²) in [6, 6.07) is 6.21. The van der Waals surface area contributed by atoms with Gasteiger partial charge in [0.05, 0.1) is 0 Å². The summed E-state index contributed by atoms with van der Waals surface area (Å²) in [6.07, 6.45) is 3.21. The molecule has 0 bridgehead atoms. The quantitative estimate of drug-likeness (QED) is 0.617. The number of hydrogen-bond donors (Lipinski definition) is 0. The van der Waals surface area contributed by atoms with Crippen LogP contribution in [0.15, 0.2) is 18.2 Å². The van der Waals surface area contributed by atoms with Crippen LogP contribution in [-0.4, -0.2) is 29.2 Å². The summed E-state index contributed by atoms with van der Waals surface area (Å²) in [5.41, 5.74) is 3.28. The third-order valence-electron chi connectivity index (χ3n) is 3.25. The van der Waals surface area contributed by atoms with Crippen molar-refractivity contribution in [1.29, 1.82) is 0 Å². The molecule has 0 unspecified atom stereocenters. The molecular weight excluding hydrogens is 278 g/mol. The molecule has 0 aliphatic carbocycles. The first-order valence-corrected chi connectivity index (χ1v) is 7.29. The van der Waals surface area contributed by atoms with Crippen LogP contribution in [0.25, 0.3) is 0 Å². The number of amides is 1. The van der Waals surface area contributed by atoms with Crippen LogP contribution < -0.4 is 0 Å². The Morgan fingerprint density at radius 1 is 1.35 bits per heavy atom. The number of unbranched alkanes of at least 4 members (excludes halogenated alkanes) is 1. The molecule has 2 nitrogen and oxygen atoms in total. The largest absolute Gasteiger partial charge is 0.338 e. The van der Waals surface area contributed by atoms with Crippen LogP contribution in [-0.2, 0) is 6.42 Å². The van der Waals surface area contributed by atoms with Crippen molar-refractivity contribution in [2.24, 2.45) is 0 Å². The van der Waals surface area contributed by atoms with Crippen LogP contribution in [0.5, 0.6) is 0 Å². The highest BCUT2D eigenvalue weighted by Crippen LogP contribution is 2.20. The summed E-state index contributed by atoms with van der Waals surface area (Å²) in [5.74, 6) is 0.213. The molecule has 92 valence electrons. The van der Waals surface area contributed by atoms with E-state index in [4.69, 9.17) is 0 Å². The van der Waals surface area contributed by atoms with Crippen molar-refractivity contribution in [2.45, 2.75) is 26.2 Å². The maximum absolute atomic E-state index is 12.3. The SMILES string of the molecule is Cc1ccc2c(c1)C(=O)N(CCCCBr)CC2. The second-order valence-electron chi connectivity index (χ2n) is 4.60. The van der Waals surface area contributed by atoms with Gasteiger partial charge in [0.2, 0.25) is 0 Å². The first-order chi connectivity index (χ1) is 8.22. The first kappa shape index (κ1) is 12.6. The van der Waals surface area contributed by atoms with Crippen molar-refractivity contribution in [3.63, 3.8) is 0 Å². The molecule has 0 N–H and O–H groups in total. The van der Waals surface area contributed by atoms with Gasteiger partial charge in [-0.05, 0) is 37.8 Å². The normalized spacial score (nSPS) is 14.9. The number of fused-ring (bicyclic) bond motifs is 1. The number of carbonyl (C=O) groups is 1. The standard InChI is InChI=1S/C14H18BrNO/c1-11-4-5-12-6-9-16(8-3-2-7-15)14(17)13(12)10-11/h4-5,10H,2-3,6-9H2,1H3. The fraction of sp³-hybridized carbons (Fsp3) is 0.500. The van der Waals surface area contributed by atoms with E-state index < -0.39 is 0 Å². The predicted octanol–water partition coefficient (Wildman–Crippen LogP) is 3.17. The number of hydrogen-bond acceptors (Lipinski definition) is 1. The molecule has 17 heavy (non-hydrogen) atoms. The number of benzene rings is 1. The molecule has 1 heterocycles. The van der Waals surface area contributed by atoms with Crippen molar-refractivity contribution >= 4 is 21.8 Å². The lowest BCUT2D eigenvalue weighted by Crippen LogP contribution is -2.38. The van der Waals surface area contributed by atoms with Gasteiger partial charge in [-0.1, -0.05) is 33.6 Å². The minimum absolute atomic E-state index is 0.213. The van der Waals surface area contributed by atoms with E-state index in [2.05, 4.69) is 28.1 Å². The lowest BCUT2D eigenvalue weighted by Gasteiger charge is -2.28. The summed E-state index contributed by atoms with van der Waals surface area (Å²) >= 11 is 3.42. The number of nitrogens with zero attached hydrogens (tertiary/aromatic N) is 1. The van der Waals surface area contributed by atoms with E-state index in [9.17, 15) is 4.79 Å². The van der Waals surface area contributed by atoms with Crippen LogP contribution in [0.2, 0.25) is 0 Å². The summed E-state index contributed by atoms with van der Waals surface area (Å²) in [5, 5.41) is 1.02. The van der Waals surface area contributed by atoms with E-state index in [1.807, 2.05) is 17.9 Å². The molecule has 0 atom stereocenters. The van der Waals surface area contributed by atoms with Gasteiger partial charge in [0, 0.05) is 24.0 Å². The topological polar surface area (TPSA) is 20.3 Å². The van der Waals surface area contributed by atoms with Crippen molar-refractivity contribution in [3.8, 4) is 0 Å². The predicted molar refractivity (Wildman–Crippen MR) is 73.8 cm³/mol. The molecule has 1 aliphatic rings. The average molecular weight is 296 g/mol. The Morgan fingerprint density at radius 3 is 2.94 bits per heavy atom. The van der Waals surface area contributed by atoms with Crippen molar-refractivity contribution in [2.75, 3.05) is 18.4 Å². The highest BCUT2D eigenvalue weighted by molar-refractivity contribution is 9.09. The monoisotopic (exact) mass is 295 g/mol. The number of alkyl halides is 1. The number of carbonyl (C=O) groups excluding carboxylic acids is 1. The van der Waals surface area contributed by atoms with E-state index >= 15 is 0 Å². The smallest absolute Gasteiger partial charge is 0.254 e. The summed E-state index contributed by atoms with van der Waals surface area (Å²) in [4.78, 5) is 14.3. The minimum atomic E-state index is 0.213. The van der Waals surface area contributed by atoms with Crippen LogP contribution in [0, 0.1) is 6.92 Å². The van der Waals surface area contributed by atoms with Gasteiger partial charge in [0.1, 0.15) is 0 Å². The molecule has 0 fully saturated rings. The lowest BCUT2D eigenvalue weighted by molar-refractivity contribution is 0.0737. The zero-order valence-corrected chi connectivity index (χ0v) is 11.8. The van der Waals surface area contributed by atoms with E-state index in [1.165, 1.54) is 11.1 Å². The molecule has 0 aromatic heterocycles. The van der Waals surface area contributed by atoms with Crippen molar-refractivity contribution in [3.05, 3.63) is 34.9 Å². The second kappa shape index (κ2) is 5.67. The summed E-state index contributed by atoms with van der Waals surface area (Å²) in [6.45, 7) is 3.80. The maximum Gasteiger partial charge on any atom is 0.254 e. The van der Waals surface area contributed by atoms with Crippen LogP contribution >= 0.6 is 15.9 Å². The molecule has 3 heteroatoms. The molecule has 2 rings (SSSR count). The molecule has 0 spiro atoms. The van der Waals surface area contributed by atoms with E-state index in [-0.39, 0.29) is 5.91 Å². The Kier molecular flexibility index (Phi) is 4.21. The van der Waals surface area contributed by atoms with Gasteiger partial charge >= 0.3 is 0 Å². The first-order valence-electron chi connectivity index (χ1n) is 6.17. The number of aryl methyl sites for hydroxylation is 1. The highest BCUT2D eigenvalue weighted by Gasteiger charge is 2.23. The zero-order valence-electron chi connectivity index (χ0n) is 10.2. The van der Waals surface area contributed by atoms with Gasteiger partial charge in [-0.3, -0.25) is 4.79 Å². The molecule has 0 radical (unpaired) electrons. The van der Waals surface area contributed by atoms with Crippen LogP contribution in [0.4, 0.5) is 0 Å².